The molecule has 7 rings (SSSR count). The molecule has 258 valence electrons. The maximum Gasteiger partial charge on any atom is 0.119 e. The number of aliphatic hydroxyl groups excluding tert-OH is 1. The van der Waals surface area contributed by atoms with Crippen molar-refractivity contribution in [3.05, 3.63) is 120 Å². The summed E-state index contributed by atoms with van der Waals surface area (Å²) >= 11 is 0. The van der Waals surface area contributed by atoms with Crippen LogP contribution in [0.5, 0.6) is 17.2 Å². The molecule has 0 spiro atoms. The SMILES string of the molecule is C(=Nc1ccc(OCC2CO2)cc1)c1cc(C=Nc2ccc(OCC3CO3)cc2)cc(C=Nc2ccc(OCC3CO3)cc2)c1.C/C=C\CO. The number of epoxide rings is 3. The Hall–Kier alpha value is -5.13. The summed E-state index contributed by atoms with van der Waals surface area (Å²) in [5.41, 5.74) is 5.23. The number of aliphatic imine (C=N–C) groups is 3. The van der Waals surface area contributed by atoms with Gasteiger partial charge in [-0.1, -0.05) is 12.2 Å². The van der Waals surface area contributed by atoms with Crippen molar-refractivity contribution in [2.75, 3.05) is 46.2 Å². The second kappa shape index (κ2) is 18.0. The lowest BCUT2D eigenvalue weighted by atomic mass is 10.1. The van der Waals surface area contributed by atoms with Crippen LogP contribution in [-0.4, -0.2) is 88.3 Å². The number of rotatable bonds is 16. The lowest BCUT2D eigenvalue weighted by molar-refractivity contribution is 0.263. The van der Waals surface area contributed by atoms with Crippen molar-refractivity contribution in [3.63, 3.8) is 0 Å². The average Bonchev–Trinajstić information content (AvgIpc) is 4.00. The van der Waals surface area contributed by atoms with Crippen LogP contribution in [0.25, 0.3) is 0 Å². The lowest BCUT2D eigenvalue weighted by Crippen LogP contribution is -2.03. The van der Waals surface area contributed by atoms with Gasteiger partial charge < -0.3 is 33.5 Å². The number of allylic oxidation sites excluding steroid dienone is 1. The Morgan fingerprint density at radius 3 is 1.08 bits per heavy atom. The Balaban J connectivity index is 0.000000808. The standard InChI is InChI=1S/C36H33N3O6.C4H8O/c1-7-31(40-19-34-22-43-34)8-2-28(1)37-16-25-13-26(17-38-29-3-9-32(10-4-29)41-20-35-23-44-35)15-27(14-25)18-39-30-5-11-33(12-6-30)42-21-36-24-45-36;1-2-3-4-5/h1-18,34-36H,19-24H2;2-3,5H,4H2,1H3/b;3-2-. The molecular weight excluding hydrogens is 634 g/mol. The molecule has 4 aromatic rings. The zero-order chi connectivity index (χ0) is 34.4. The molecule has 3 fully saturated rings. The van der Waals surface area contributed by atoms with Crippen LogP contribution in [0.2, 0.25) is 0 Å². The Morgan fingerprint density at radius 2 is 0.860 bits per heavy atom. The van der Waals surface area contributed by atoms with Crippen molar-refractivity contribution in [2.45, 2.75) is 25.2 Å². The smallest absolute Gasteiger partial charge is 0.119 e. The molecule has 50 heavy (non-hydrogen) atoms. The fraction of sp³-hybridized carbons (Fsp3) is 0.275. The van der Waals surface area contributed by atoms with E-state index in [4.69, 9.17) is 48.5 Å². The Labute approximate surface area is 292 Å². The summed E-state index contributed by atoms with van der Waals surface area (Å²) in [6.45, 7) is 6.07. The van der Waals surface area contributed by atoms with E-state index in [0.717, 1.165) is 70.8 Å². The highest BCUT2D eigenvalue weighted by Crippen LogP contribution is 2.23. The predicted molar refractivity (Wildman–Crippen MR) is 195 cm³/mol. The summed E-state index contributed by atoms with van der Waals surface area (Å²) in [6, 6.07) is 29.2. The van der Waals surface area contributed by atoms with Gasteiger partial charge in [-0.05, 0) is 115 Å². The molecule has 0 aliphatic carbocycles. The maximum atomic E-state index is 7.98. The van der Waals surface area contributed by atoms with E-state index in [-0.39, 0.29) is 24.9 Å². The number of ether oxygens (including phenoxy) is 6. The number of benzene rings is 4. The van der Waals surface area contributed by atoms with E-state index in [1.54, 1.807) is 12.2 Å². The molecule has 0 bridgehead atoms. The van der Waals surface area contributed by atoms with Gasteiger partial charge in [0.15, 0.2) is 0 Å². The van der Waals surface area contributed by atoms with Gasteiger partial charge >= 0.3 is 0 Å². The number of nitrogens with zero attached hydrogens (tertiary/aromatic N) is 3. The first-order valence-electron chi connectivity index (χ1n) is 16.6. The zero-order valence-corrected chi connectivity index (χ0v) is 28.0. The molecule has 0 amide bonds. The first-order valence-corrected chi connectivity index (χ1v) is 16.6. The minimum atomic E-state index is 0.163. The molecule has 3 aliphatic heterocycles. The van der Waals surface area contributed by atoms with Gasteiger partial charge in [0.2, 0.25) is 0 Å². The summed E-state index contributed by atoms with van der Waals surface area (Å²) < 4.78 is 32.8. The Kier molecular flexibility index (Phi) is 12.5. The summed E-state index contributed by atoms with van der Waals surface area (Å²) in [6.07, 6.45) is 9.67. The van der Waals surface area contributed by atoms with Crippen LogP contribution in [0.15, 0.2) is 118 Å². The van der Waals surface area contributed by atoms with E-state index in [1.165, 1.54) is 0 Å². The Bertz CT molecular complexity index is 1550. The quantitative estimate of drug-likeness (QED) is 0.0785. The van der Waals surface area contributed by atoms with E-state index in [2.05, 4.69) is 0 Å². The molecule has 4 aromatic carbocycles. The average molecular weight is 676 g/mol. The Morgan fingerprint density at radius 1 is 0.560 bits per heavy atom. The minimum absolute atomic E-state index is 0.163. The van der Waals surface area contributed by atoms with E-state index in [0.29, 0.717) is 19.8 Å². The maximum absolute atomic E-state index is 7.98. The second-order valence-electron chi connectivity index (χ2n) is 11.7. The van der Waals surface area contributed by atoms with Crippen molar-refractivity contribution in [3.8, 4) is 17.2 Å². The molecular formula is C40H41N3O7. The van der Waals surface area contributed by atoms with Crippen LogP contribution < -0.4 is 14.2 Å². The van der Waals surface area contributed by atoms with Crippen LogP contribution in [0.1, 0.15) is 23.6 Å². The van der Waals surface area contributed by atoms with Crippen LogP contribution in [0.3, 0.4) is 0 Å². The molecule has 3 saturated heterocycles. The minimum Gasteiger partial charge on any atom is -0.491 e. The third kappa shape index (κ3) is 12.4. The highest BCUT2D eigenvalue weighted by molar-refractivity contribution is 5.93. The normalized spacial score (nSPS) is 19.1. The van der Waals surface area contributed by atoms with Crippen molar-refractivity contribution < 1.29 is 33.5 Å². The monoisotopic (exact) mass is 675 g/mol. The van der Waals surface area contributed by atoms with Gasteiger partial charge in [-0.25, -0.2) is 0 Å². The third-order valence-corrected chi connectivity index (χ3v) is 7.45. The van der Waals surface area contributed by atoms with Crippen LogP contribution >= 0.6 is 0 Å². The number of hydrogen-bond acceptors (Lipinski definition) is 10. The third-order valence-electron chi connectivity index (χ3n) is 7.45. The molecule has 10 nitrogen and oxygen atoms in total. The van der Waals surface area contributed by atoms with Gasteiger partial charge in [-0.15, -0.1) is 0 Å². The summed E-state index contributed by atoms with van der Waals surface area (Å²) in [5, 5.41) is 7.98. The molecule has 1 N–H and O–H groups in total. The van der Waals surface area contributed by atoms with Crippen molar-refractivity contribution in [2.24, 2.45) is 15.0 Å². The first kappa shape index (κ1) is 34.7. The van der Waals surface area contributed by atoms with Gasteiger partial charge in [0.25, 0.3) is 0 Å². The summed E-state index contributed by atoms with van der Waals surface area (Å²) in [7, 11) is 0. The van der Waals surface area contributed by atoms with Crippen LogP contribution in [-0.2, 0) is 14.2 Å². The lowest BCUT2D eigenvalue weighted by Gasteiger charge is -2.05. The van der Waals surface area contributed by atoms with Crippen molar-refractivity contribution in [1.29, 1.82) is 0 Å². The van der Waals surface area contributed by atoms with Gasteiger partial charge in [0.05, 0.1) is 43.5 Å². The van der Waals surface area contributed by atoms with Crippen molar-refractivity contribution in [1.82, 2.24) is 0 Å². The highest BCUT2D eigenvalue weighted by atomic mass is 16.6. The fourth-order valence-electron chi connectivity index (χ4n) is 4.42. The van der Waals surface area contributed by atoms with E-state index >= 15 is 0 Å². The zero-order valence-electron chi connectivity index (χ0n) is 28.0. The van der Waals surface area contributed by atoms with Crippen LogP contribution in [0.4, 0.5) is 17.1 Å². The fourth-order valence-corrected chi connectivity index (χ4v) is 4.42. The molecule has 10 heteroatoms. The summed E-state index contributed by atoms with van der Waals surface area (Å²) in [5.74, 6) is 2.40. The topological polar surface area (TPSA) is 123 Å². The van der Waals surface area contributed by atoms with E-state index < -0.39 is 0 Å². The molecule has 3 atom stereocenters. The molecule has 3 aliphatic rings. The molecule has 3 unspecified atom stereocenters. The number of hydrogen-bond donors (Lipinski definition) is 1. The second-order valence-corrected chi connectivity index (χ2v) is 11.7. The highest BCUT2D eigenvalue weighted by Gasteiger charge is 2.24. The van der Waals surface area contributed by atoms with E-state index in [9.17, 15) is 0 Å². The van der Waals surface area contributed by atoms with Gasteiger partial charge in [-0.2, -0.15) is 0 Å². The predicted octanol–water partition coefficient (Wildman–Crippen LogP) is 6.83. The molecule has 3 heterocycles. The van der Waals surface area contributed by atoms with Crippen LogP contribution in [0, 0.1) is 0 Å². The number of aliphatic hydroxyl groups is 1. The van der Waals surface area contributed by atoms with Crippen molar-refractivity contribution >= 4 is 35.7 Å². The molecule has 0 saturated carbocycles. The largest absolute Gasteiger partial charge is 0.491 e. The van der Waals surface area contributed by atoms with Gasteiger partial charge in [-0.3, -0.25) is 15.0 Å². The molecule has 0 radical (unpaired) electrons. The molecule has 0 aromatic heterocycles. The van der Waals surface area contributed by atoms with Gasteiger partial charge in [0.1, 0.15) is 55.4 Å². The first-order chi connectivity index (χ1) is 24.6. The summed E-state index contributed by atoms with van der Waals surface area (Å²) in [4.78, 5) is 14.1. The van der Waals surface area contributed by atoms with Gasteiger partial charge in [0, 0.05) is 18.6 Å². The van der Waals surface area contributed by atoms with E-state index in [1.807, 2.05) is 117 Å².